The summed E-state index contributed by atoms with van der Waals surface area (Å²) >= 11 is 0. The maximum absolute atomic E-state index is 10.3. The number of likely N-dealkylation sites (N-methyl/N-ethyl adjacent to an activating group) is 1. The molecule has 0 heterocycles. The molecule has 5 heteroatoms. The molecule has 0 aromatic carbocycles. The van der Waals surface area contributed by atoms with Crippen LogP contribution in [0.4, 0.5) is 0 Å². The Morgan fingerprint density at radius 2 is 1.23 bits per heavy atom. The van der Waals surface area contributed by atoms with Crippen molar-refractivity contribution in [1.82, 2.24) is 5.32 Å². The van der Waals surface area contributed by atoms with E-state index >= 15 is 0 Å². The molecule has 0 rings (SSSR count). The van der Waals surface area contributed by atoms with Crippen LogP contribution in [0.3, 0.4) is 0 Å². The largest absolute Gasteiger partial charge is 0.481 e. The number of hydrogen-bond donors (Lipinski definition) is 3. The van der Waals surface area contributed by atoms with Gasteiger partial charge in [-0.25, -0.2) is 0 Å². The van der Waals surface area contributed by atoms with Gasteiger partial charge in [0.2, 0.25) is 5.91 Å². The zero-order chi connectivity index (χ0) is 17.1. The summed E-state index contributed by atoms with van der Waals surface area (Å²) in [6.07, 6.45) is 14.4. The highest BCUT2D eigenvalue weighted by Gasteiger charge is 1.96. The minimum absolute atomic E-state index is 0.344. The molecule has 5 nitrogen and oxygen atoms in total. The number of aliphatic hydroxyl groups excluding tert-OH is 1. The average molecular weight is 317 g/mol. The number of rotatable bonds is 13. The van der Waals surface area contributed by atoms with Crippen LogP contribution in [0.15, 0.2) is 0 Å². The van der Waals surface area contributed by atoms with Gasteiger partial charge in [-0.05, 0) is 6.42 Å². The third-order valence-corrected chi connectivity index (χ3v) is 3.42. The Morgan fingerprint density at radius 1 is 0.818 bits per heavy atom. The lowest BCUT2D eigenvalue weighted by molar-refractivity contribution is -0.137. The molecule has 0 radical (unpaired) electrons. The highest BCUT2D eigenvalue weighted by molar-refractivity contribution is 5.76. The van der Waals surface area contributed by atoms with Crippen LogP contribution in [-0.4, -0.2) is 35.7 Å². The number of carbonyl (C=O) groups excluding carboxylic acids is 1. The lowest BCUT2D eigenvalue weighted by atomic mass is 10.1. The Labute approximate surface area is 135 Å². The summed E-state index contributed by atoms with van der Waals surface area (Å²) in [6.45, 7) is 1.83. The first-order valence-electron chi connectivity index (χ1n) is 8.61. The molecule has 0 aliphatic heterocycles. The first kappa shape index (κ1) is 23.2. The smallest absolute Gasteiger partial charge is 0.303 e. The lowest BCUT2D eigenvalue weighted by Gasteiger charge is -2.01. The van der Waals surface area contributed by atoms with E-state index in [0.29, 0.717) is 6.42 Å². The lowest BCUT2D eigenvalue weighted by Crippen LogP contribution is -2.20. The summed E-state index contributed by atoms with van der Waals surface area (Å²) in [5, 5.41) is 18.6. The van der Waals surface area contributed by atoms with E-state index in [1.54, 1.807) is 0 Å². The molecule has 0 bridgehead atoms. The maximum Gasteiger partial charge on any atom is 0.303 e. The second-order valence-electron chi connectivity index (χ2n) is 5.51. The first-order chi connectivity index (χ1) is 10.6. The van der Waals surface area contributed by atoms with Crippen molar-refractivity contribution >= 4 is 11.9 Å². The van der Waals surface area contributed by atoms with Gasteiger partial charge in [0, 0.05) is 13.5 Å². The molecule has 0 fully saturated rings. The van der Waals surface area contributed by atoms with Gasteiger partial charge in [-0.1, -0.05) is 71.1 Å². The van der Waals surface area contributed by atoms with Gasteiger partial charge >= 0.3 is 5.97 Å². The zero-order valence-electron chi connectivity index (χ0n) is 14.4. The molecule has 3 N–H and O–H groups in total. The Kier molecular flexibility index (Phi) is 21.0. The van der Waals surface area contributed by atoms with Crippen LogP contribution in [0.2, 0.25) is 0 Å². The van der Waals surface area contributed by atoms with Gasteiger partial charge in [-0.2, -0.15) is 0 Å². The topological polar surface area (TPSA) is 86.6 Å². The molecule has 1 amide bonds. The van der Waals surface area contributed by atoms with Gasteiger partial charge in [0.05, 0.1) is 0 Å². The third kappa shape index (κ3) is 24.0. The maximum atomic E-state index is 10.3. The number of unbranched alkanes of at least 4 members (excludes halogenated alkanes) is 10. The second kappa shape index (κ2) is 19.9. The monoisotopic (exact) mass is 317 g/mol. The van der Waals surface area contributed by atoms with E-state index in [2.05, 4.69) is 12.2 Å². The number of amides is 1. The van der Waals surface area contributed by atoms with Crippen molar-refractivity contribution in [2.45, 2.75) is 84.0 Å². The van der Waals surface area contributed by atoms with Crippen LogP contribution in [0, 0.1) is 0 Å². The molecule has 132 valence electrons. The van der Waals surface area contributed by atoms with E-state index in [4.69, 9.17) is 10.2 Å². The summed E-state index contributed by atoms with van der Waals surface area (Å²) in [4.78, 5) is 20.1. The SMILES string of the molecule is CCCCCCCCCCCCCC(=O)O.CNC(=O)CO. The number of aliphatic carboxylic acids is 1. The minimum Gasteiger partial charge on any atom is -0.481 e. The van der Waals surface area contributed by atoms with Crippen LogP contribution in [0.5, 0.6) is 0 Å². The van der Waals surface area contributed by atoms with Crippen molar-refractivity contribution in [3.63, 3.8) is 0 Å². The molecule has 0 spiro atoms. The fraction of sp³-hybridized carbons (Fsp3) is 0.882. The number of carboxylic acids is 1. The predicted octanol–water partition coefficient (Wildman–Crippen LogP) is 3.50. The van der Waals surface area contributed by atoms with E-state index in [1.807, 2.05) is 0 Å². The standard InChI is InChI=1S/C14H28O2.C3H7NO2/c1-2-3-4-5-6-7-8-9-10-11-12-13-14(15)16;1-4-3(6)2-5/h2-13H2,1H3,(H,15,16);5H,2H2,1H3,(H,4,6). The van der Waals surface area contributed by atoms with E-state index in [9.17, 15) is 9.59 Å². The first-order valence-corrected chi connectivity index (χ1v) is 8.61. The van der Waals surface area contributed by atoms with Crippen LogP contribution in [-0.2, 0) is 9.59 Å². The molecule has 0 saturated carbocycles. The number of nitrogens with one attached hydrogen (secondary N) is 1. The predicted molar refractivity (Wildman–Crippen MR) is 89.9 cm³/mol. The van der Waals surface area contributed by atoms with Crippen molar-refractivity contribution in [2.24, 2.45) is 0 Å². The molecule has 22 heavy (non-hydrogen) atoms. The molecule has 0 unspecified atom stereocenters. The summed E-state index contributed by atoms with van der Waals surface area (Å²) in [6, 6.07) is 0. The van der Waals surface area contributed by atoms with Gasteiger partial charge in [0.25, 0.3) is 0 Å². The molecular weight excluding hydrogens is 282 g/mol. The molecule has 0 aliphatic rings. The fourth-order valence-corrected chi connectivity index (χ4v) is 2.02. The number of hydrogen-bond acceptors (Lipinski definition) is 3. The van der Waals surface area contributed by atoms with Crippen molar-refractivity contribution in [3.05, 3.63) is 0 Å². The van der Waals surface area contributed by atoms with Crippen molar-refractivity contribution < 1.29 is 19.8 Å². The summed E-state index contributed by atoms with van der Waals surface area (Å²) in [5.74, 6) is -1.01. The third-order valence-electron chi connectivity index (χ3n) is 3.42. The van der Waals surface area contributed by atoms with Crippen molar-refractivity contribution in [2.75, 3.05) is 13.7 Å². The highest BCUT2D eigenvalue weighted by atomic mass is 16.4. The molecule has 0 aromatic rings. The Hall–Kier alpha value is -1.10. The summed E-state index contributed by atoms with van der Waals surface area (Å²) in [7, 11) is 1.47. The van der Waals surface area contributed by atoms with Crippen LogP contribution in [0.1, 0.15) is 84.0 Å². The number of carbonyl (C=O) groups is 2. The van der Waals surface area contributed by atoms with Crippen LogP contribution < -0.4 is 5.32 Å². The zero-order valence-corrected chi connectivity index (χ0v) is 14.4. The number of aliphatic hydroxyl groups is 1. The van der Waals surface area contributed by atoms with Gasteiger partial charge in [-0.15, -0.1) is 0 Å². The summed E-state index contributed by atoms with van der Waals surface area (Å²) < 4.78 is 0. The average Bonchev–Trinajstić information content (AvgIpc) is 2.52. The quantitative estimate of drug-likeness (QED) is 0.454. The van der Waals surface area contributed by atoms with Crippen molar-refractivity contribution in [3.8, 4) is 0 Å². The Balaban J connectivity index is 0. The van der Waals surface area contributed by atoms with Gasteiger partial charge < -0.3 is 15.5 Å². The van der Waals surface area contributed by atoms with Crippen LogP contribution in [0.25, 0.3) is 0 Å². The van der Waals surface area contributed by atoms with Gasteiger partial charge in [-0.3, -0.25) is 9.59 Å². The molecule has 0 aromatic heterocycles. The molecule has 0 aliphatic carbocycles. The van der Waals surface area contributed by atoms with E-state index in [1.165, 1.54) is 64.8 Å². The molecule has 0 atom stereocenters. The van der Waals surface area contributed by atoms with Gasteiger partial charge in [0.1, 0.15) is 6.61 Å². The van der Waals surface area contributed by atoms with E-state index in [-0.39, 0.29) is 5.91 Å². The van der Waals surface area contributed by atoms with Crippen molar-refractivity contribution in [1.29, 1.82) is 0 Å². The van der Waals surface area contributed by atoms with E-state index < -0.39 is 12.6 Å². The second-order valence-corrected chi connectivity index (χ2v) is 5.51. The fourth-order valence-electron chi connectivity index (χ4n) is 2.02. The number of carboxylic acid groups (broad SMARTS) is 1. The van der Waals surface area contributed by atoms with Crippen LogP contribution >= 0.6 is 0 Å². The highest BCUT2D eigenvalue weighted by Crippen LogP contribution is 2.11. The summed E-state index contributed by atoms with van der Waals surface area (Å²) in [5.41, 5.74) is 0. The Morgan fingerprint density at radius 3 is 1.50 bits per heavy atom. The normalized spacial score (nSPS) is 9.77. The van der Waals surface area contributed by atoms with Gasteiger partial charge in [0.15, 0.2) is 0 Å². The minimum atomic E-state index is -0.657. The molecule has 0 saturated heterocycles. The molecular formula is C17H35NO4. The Bertz CT molecular complexity index is 251. The van der Waals surface area contributed by atoms with E-state index in [0.717, 1.165) is 12.8 Å².